The Morgan fingerprint density at radius 3 is 2.44 bits per heavy atom. The van der Waals surface area contributed by atoms with Crippen molar-refractivity contribution in [2.24, 2.45) is 5.41 Å². The number of piperazine rings is 1. The second-order valence-electron chi connectivity index (χ2n) is 5.28. The maximum absolute atomic E-state index is 12.6. The van der Waals surface area contributed by atoms with Gasteiger partial charge in [0.2, 0.25) is 5.91 Å². The molecule has 0 bridgehead atoms. The molecule has 0 aromatic carbocycles. The van der Waals surface area contributed by atoms with Gasteiger partial charge in [-0.15, -0.1) is 0 Å². The first-order chi connectivity index (χ1) is 7.78. The molecule has 1 aliphatic carbocycles. The third-order valence-electron chi connectivity index (χ3n) is 4.15. The Bertz CT molecular complexity index is 240. The van der Waals surface area contributed by atoms with Gasteiger partial charge in [0.05, 0.1) is 0 Å². The lowest BCUT2D eigenvalue weighted by molar-refractivity contribution is -0.143. The zero-order chi connectivity index (χ0) is 11.4. The van der Waals surface area contributed by atoms with Crippen molar-refractivity contribution >= 4 is 5.91 Å². The van der Waals surface area contributed by atoms with E-state index in [1.807, 2.05) is 0 Å². The summed E-state index contributed by atoms with van der Waals surface area (Å²) in [7, 11) is 0. The van der Waals surface area contributed by atoms with E-state index in [0.717, 1.165) is 51.9 Å². The summed E-state index contributed by atoms with van der Waals surface area (Å²) in [6.07, 6.45) is 6.98. The van der Waals surface area contributed by atoms with Gasteiger partial charge in [-0.1, -0.05) is 26.2 Å². The second kappa shape index (κ2) is 5.17. The summed E-state index contributed by atoms with van der Waals surface area (Å²) in [6, 6.07) is 0. The van der Waals surface area contributed by atoms with Gasteiger partial charge in [-0.3, -0.25) is 4.79 Å². The maximum atomic E-state index is 12.6. The van der Waals surface area contributed by atoms with Crippen LogP contribution in [0.25, 0.3) is 0 Å². The first kappa shape index (κ1) is 11.9. The fourth-order valence-corrected chi connectivity index (χ4v) is 3.30. The van der Waals surface area contributed by atoms with Crippen molar-refractivity contribution in [2.45, 2.75) is 45.4 Å². The molecule has 1 heterocycles. The van der Waals surface area contributed by atoms with Crippen LogP contribution in [0.5, 0.6) is 0 Å². The third-order valence-corrected chi connectivity index (χ3v) is 4.15. The highest BCUT2D eigenvalue weighted by atomic mass is 16.2. The van der Waals surface area contributed by atoms with Crippen LogP contribution in [-0.4, -0.2) is 37.0 Å². The Morgan fingerprint density at radius 2 is 1.88 bits per heavy atom. The highest BCUT2D eigenvalue weighted by Gasteiger charge is 2.42. The average Bonchev–Trinajstić information content (AvgIpc) is 2.80. The van der Waals surface area contributed by atoms with E-state index in [1.165, 1.54) is 12.8 Å². The molecule has 1 aliphatic heterocycles. The van der Waals surface area contributed by atoms with Gasteiger partial charge in [-0.05, 0) is 19.3 Å². The Hall–Kier alpha value is -0.570. The van der Waals surface area contributed by atoms with Gasteiger partial charge in [0.1, 0.15) is 0 Å². The summed E-state index contributed by atoms with van der Waals surface area (Å²) in [4.78, 5) is 14.7. The smallest absolute Gasteiger partial charge is 0.228 e. The molecule has 1 saturated carbocycles. The molecule has 0 unspecified atom stereocenters. The van der Waals surface area contributed by atoms with E-state index in [9.17, 15) is 4.79 Å². The fourth-order valence-electron chi connectivity index (χ4n) is 3.30. The number of rotatable bonds is 3. The van der Waals surface area contributed by atoms with Gasteiger partial charge in [0.25, 0.3) is 0 Å². The largest absolute Gasteiger partial charge is 0.340 e. The second-order valence-corrected chi connectivity index (χ2v) is 5.28. The maximum Gasteiger partial charge on any atom is 0.228 e. The Kier molecular flexibility index (Phi) is 3.85. The molecule has 0 aromatic heterocycles. The number of carbonyl (C=O) groups excluding carboxylic acids is 1. The molecule has 2 aliphatic rings. The highest BCUT2D eigenvalue weighted by Crippen LogP contribution is 2.43. The molecule has 1 amide bonds. The molecular formula is C13H24N2O. The third kappa shape index (κ3) is 2.24. The van der Waals surface area contributed by atoms with Crippen LogP contribution < -0.4 is 5.32 Å². The van der Waals surface area contributed by atoms with Crippen LogP contribution in [0.2, 0.25) is 0 Å². The lowest BCUT2D eigenvalue weighted by Crippen LogP contribution is -2.51. The average molecular weight is 224 g/mol. The van der Waals surface area contributed by atoms with E-state index in [2.05, 4.69) is 17.1 Å². The van der Waals surface area contributed by atoms with Crippen LogP contribution in [0.3, 0.4) is 0 Å². The van der Waals surface area contributed by atoms with Crippen LogP contribution in [-0.2, 0) is 4.79 Å². The molecule has 2 fully saturated rings. The number of nitrogens with zero attached hydrogens (tertiary/aromatic N) is 1. The minimum absolute atomic E-state index is 0.0199. The number of hydrogen-bond acceptors (Lipinski definition) is 2. The van der Waals surface area contributed by atoms with Crippen LogP contribution in [0.4, 0.5) is 0 Å². The summed E-state index contributed by atoms with van der Waals surface area (Å²) in [5.74, 6) is 0.452. The van der Waals surface area contributed by atoms with Crippen molar-refractivity contribution in [1.29, 1.82) is 0 Å². The monoisotopic (exact) mass is 224 g/mol. The molecule has 1 N–H and O–H groups in total. The van der Waals surface area contributed by atoms with Crippen molar-refractivity contribution in [1.82, 2.24) is 10.2 Å². The van der Waals surface area contributed by atoms with Crippen LogP contribution in [0.15, 0.2) is 0 Å². The van der Waals surface area contributed by atoms with Crippen LogP contribution in [0, 0.1) is 5.41 Å². The summed E-state index contributed by atoms with van der Waals surface area (Å²) < 4.78 is 0. The number of nitrogens with one attached hydrogen (secondary N) is 1. The Labute approximate surface area is 98.6 Å². The highest BCUT2D eigenvalue weighted by molar-refractivity contribution is 5.83. The summed E-state index contributed by atoms with van der Waals surface area (Å²) in [6.45, 7) is 5.95. The van der Waals surface area contributed by atoms with Crippen LogP contribution in [0.1, 0.15) is 45.4 Å². The first-order valence-electron chi connectivity index (χ1n) is 6.79. The molecule has 2 rings (SSSR count). The van der Waals surface area contributed by atoms with Gasteiger partial charge in [-0.2, -0.15) is 0 Å². The van der Waals surface area contributed by atoms with E-state index < -0.39 is 0 Å². The Balaban J connectivity index is 2.04. The molecule has 3 heteroatoms. The van der Waals surface area contributed by atoms with Crippen molar-refractivity contribution in [3.63, 3.8) is 0 Å². The first-order valence-corrected chi connectivity index (χ1v) is 6.79. The lowest BCUT2D eigenvalue weighted by Gasteiger charge is -2.36. The predicted molar refractivity (Wildman–Crippen MR) is 65.3 cm³/mol. The van der Waals surface area contributed by atoms with Crippen molar-refractivity contribution in [2.75, 3.05) is 26.2 Å². The molecule has 16 heavy (non-hydrogen) atoms. The summed E-state index contributed by atoms with van der Waals surface area (Å²) in [5, 5.41) is 3.31. The molecule has 0 radical (unpaired) electrons. The molecule has 0 atom stereocenters. The van der Waals surface area contributed by atoms with Crippen molar-refractivity contribution in [3.8, 4) is 0 Å². The molecule has 92 valence electrons. The molecule has 3 nitrogen and oxygen atoms in total. The van der Waals surface area contributed by atoms with E-state index in [0.29, 0.717) is 5.91 Å². The fraction of sp³-hybridized carbons (Fsp3) is 0.923. The minimum Gasteiger partial charge on any atom is -0.340 e. The van der Waals surface area contributed by atoms with Crippen molar-refractivity contribution in [3.05, 3.63) is 0 Å². The predicted octanol–water partition coefficient (Wildman–Crippen LogP) is 1.78. The zero-order valence-corrected chi connectivity index (χ0v) is 10.4. The number of amides is 1. The van der Waals surface area contributed by atoms with Crippen molar-refractivity contribution < 1.29 is 4.79 Å². The molecule has 0 spiro atoms. The zero-order valence-electron chi connectivity index (χ0n) is 10.4. The standard InChI is InChI=1S/C13H24N2O/c1-2-5-13(6-3-4-7-13)12(16)15-10-8-14-9-11-15/h14H,2-11H2,1H3. The topological polar surface area (TPSA) is 32.3 Å². The quantitative estimate of drug-likeness (QED) is 0.792. The van der Waals surface area contributed by atoms with Gasteiger partial charge < -0.3 is 10.2 Å². The normalized spacial score (nSPS) is 24.7. The summed E-state index contributed by atoms with van der Waals surface area (Å²) >= 11 is 0. The van der Waals surface area contributed by atoms with E-state index in [1.54, 1.807) is 0 Å². The molecular weight excluding hydrogens is 200 g/mol. The lowest BCUT2D eigenvalue weighted by atomic mass is 9.80. The minimum atomic E-state index is 0.0199. The van der Waals surface area contributed by atoms with Gasteiger partial charge in [-0.25, -0.2) is 0 Å². The SMILES string of the molecule is CCCC1(C(=O)N2CCNCC2)CCCC1. The molecule has 0 aromatic rings. The van der Waals surface area contributed by atoms with E-state index in [4.69, 9.17) is 0 Å². The summed E-state index contributed by atoms with van der Waals surface area (Å²) in [5.41, 5.74) is 0.0199. The van der Waals surface area contributed by atoms with E-state index in [-0.39, 0.29) is 5.41 Å². The van der Waals surface area contributed by atoms with Gasteiger partial charge in [0, 0.05) is 31.6 Å². The molecule has 1 saturated heterocycles. The van der Waals surface area contributed by atoms with Crippen LogP contribution >= 0.6 is 0 Å². The van der Waals surface area contributed by atoms with Gasteiger partial charge >= 0.3 is 0 Å². The van der Waals surface area contributed by atoms with Gasteiger partial charge in [0.15, 0.2) is 0 Å². The number of hydrogen-bond donors (Lipinski definition) is 1. The Morgan fingerprint density at radius 1 is 1.25 bits per heavy atom. The number of carbonyl (C=O) groups is 1. The van der Waals surface area contributed by atoms with E-state index >= 15 is 0 Å².